The lowest BCUT2D eigenvalue weighted by Crippen LogP contribution is -2.14. The van der Waals surface area contributed by atoms with Gasteiger partial charge in [-0.25, -0.2) is 4.79 Å². The smallest absolute Gasteiger partial charge is 0.341 e. The number of hydrogen-bond acceptors (Lipinski definition) is 4. The van der Waals surface area contributed by atoms with Crippen LogP contribution in [0, 0.1) is 6.92 Å². The molecule has 0 radical (unpaired) electrons. The van der Waals surface area contributed by atoms with Gasteiger partial charge in [0.2, 0.25) is 5.91 Å². The summed E-state index contributed by atoms with van der Waals surface area (Å²) in [6, 6.07) is 9.95. The van der Waals surface area contributed by atoms with Crippen molar-refractivity contribution >= 4 is 28.2 Å². The summed E-state index contributed by atoms with van der Waals surface area (Å²) in [6.45, 7) is 6.14. The van der Waals surface area contributed by atoms with Crippen LogP contribution in [0.25, 0.3) is 0 Å². The van der Waals surface area contributed by atoms with Gasteiger partial charge in [-0.15, -0.1) is 11.3 Å². The lowest BCUT2D eigenvalue weighted by atomic mass is 10.1. The van der Waals surface area contributed by atoms with Crippen molar-refractivity contribution in [3.8, 4) is 0 Å². The summed E-state index contributed by atoms with van der Waals surface area (Å²) in [5.74, 6) is -0.479. The van der Waals surface area contributed by atoms with Crippen molar-refractivity contribution in [2.24, 2.45) is 0 Å². The minimum Gasteiger partial charge on any atom is -0.462 e. The maximum atomic E-state index is 12.2. The van der Waals surface area contributed by atoms with E-state index in [1.54, 1.807) is 13.0 Å². The molecule has 1 aromatic heterocycles. The number of rotatable bonds is 7. The lowest BCUT2D eigenvalue weighted by Gasteiger charge is -2.06. The molecule has 1 heterocycles. The number of hydrogen-bond donors (Lipinski definition) is 1. The second kappa shape index (κ2) is 8.64. The van der Waals surface area contributed by atoms with Gasteiger partial charge in [0.25, 0.3) is 0 Å². The number of benzene rings is 1. The van der Waals surface area contributed by atoms with E-state index in [1.807, 2.05) is 38.1 Å². The van der Waals surface area contributed by atoms with Gasteiger partial charge in [-0.3, -0.25) is 4.79 Å². The minimum absolute atomic E-state index is 0.0920. The Labute approximate surface area is 146 Å². The van der Waals surface area contributed by atoms with E-state index in [0.717, 1.165) is 16.9 Å². The van der Waals surface area contributed by atoms with E-state index in [1.165, 1.54) is 16.9 Å². The Balaban J connectivity index is 2.01. The van der Waals surface area contributed by atoms with Crippen LogP contribution < -0.4 is 5.32 Å². The molecule has 1 aromatic carbocycles. The molecule has 0 saturated carbocycles. The van der Waals surface area contributed by atoms with Crippen LogP contribution in [0.5, 0.6) is 0 Å². The number of amides is 1. The Morgan fingerprint density at radius 2 is 1.88 bits per heavy atom. The Morgan fingerprint density at radius 3 is 2.50 bits per heavy atom. The van der Waals surface area contributed by atoms with Gasteiger partial charge in [-0.05, 0) is 38.3 Å². The van der Waals surface area contributed by atoms with E-state index in [4.69, 9.17) is 4.74 Å². The SMILES string of the molecule is CCOC(=O)c1cc(CC)sc1NC(=O)CCc1ccc(C)cc1. The van der Waals surface area contributed by atoms with Crippen LogP contribution >= 0.6 is 11.3 Å². The number of carbonyl (C=O) groups excluding carboxylic acids is 2. The normalized spacial score (nSPS) is 10.5. The second-order valence-electron chi connectivity index (χ2n) is 5.56. The quantitative estimate of drug-likeness (QED) is 0.758. The number of ether oxygens (including phenoxy) is 1. The van der Waals surface area contributed by atoms with E-state index >= 15 is 0 Å². The molecule has 0 aliphatic rings. The van der Waals surface area contributed by atoms with Crippen molar-refractivity contribution in [1.82, 2.24) is 0 Å². The third-order valence-electron chi connectivity index (χ3n) is 3.64. The van der Waals surface area contributed by atoms with Gasteiger partial charge in [0.15, 0.2) is 0 Å². The standard InChI is InChI=1S/C19H23NO3S/c1-4-15-12-16(19(22)23-5-2)18(24-15)20-17(21)11-10-14-8-6-13(3)7-9-14/h6-9,12H,4-5,10-11H2,1-3H3,(H,20,21). The number of thiophene rings is 1. The maximum absolute atomic E-state index is 12.2. The highest BCUT2D eigenvalue weighted by Crippen LogP contribution is 2.29. The maximum Gasteiger partial charge on any atom is 0.341 e. The Bertz CT molecular complexity index is 704. The van der Waals surface area contributed by atoms with Gasteiger partial charge in [0.1, 0.15) is 5.00 Å². The summed E-state index contributed by atoms with van der Waals surface area (Å²) < 4.78 is 5.06. The van der Waals surface area contributed by atoms with E-state index in [2.05, 4.69) is 5.32 Å². The average Bonchev–Trinajstić information content (AvgIpc) is 2.97. The topological polar surface area (TPSA) is 55.4 Å². The molecule has 4 nitrogen and oxygen atoms in total. The number of anilines is 1. The van der Waals surface area contributed by atoms with Crippen LogP contribution in [0.4, 0.5) is 5.00 Å². The largest absolute Gasteiger partial charge is 0.462 e. The third-order valence-corrected chi connectivity index (χ3v) is 4.84. The van der Waals surface area contributed by atoms with Crippen molar-refractivity contribution < 1.29 is 14.3 Å². The molecule has 0 unspecified atom stereocenters. The van der Waals surface area contributed by atoms with E-state index < -0.39 is 0 Å². The molecule has 0 spiro atoms. The molecule has 0 atom stereocenters. The summed E-state index contributed by atoms with van der Waals surface area (Å²) in [6.07, 6.45) is 1.87. The van der Waals surface area contributed by atoms with Crippen molar-refractivity contribution in [3.05, 3.63) is 51.9 Å². The van der Waals surface area contributed by atoms with Gasteiger partial charge < -0.3 is 10.1 Å². The molecule has 2 aromatic rings. The molecule has 24 heavy (non-hydrogen) atoms. The van der Waals surface area contributed by atoms with Gasteiger partial charge in [-0.1, -0.05) is 36.8 Å². The Hall–Kier alpha value is -2.14. The molecule has 128 valence electrons. The summed E-state index contributed by atoms with van der Waals surface area (Å²) in [5.41, 5.74) is 2.78. The fourth-order valence-electron chi connectivity index (χ4n) is 2.27. The molecule has 1 N–H and O–H groups in total. The third kappa shape index (κ3) is 4.93. The zero-order chi connectivity index (χ0) is 17.5. The Kier molecular flexibility index (Phi) is 6.55. The fraction of sp³-hybridized carbons (Fsp3) is 0.368. The first-order valence-electron chi connectivity index (χ1n) is 8.18. The van der Waals surface area contributed by atoms with E-state index in [-0.39, 0.29) is 11.9 Å². The first-order chi connectivity index (χ1) is 11.5. The van der Waals surface area contributed by atoms with Crippen LogP contribution in [0.1, 0.15) is 46.6 Å². The number of carbonyl (C=O) groups is 2. The van der Waals surface area contributed by atoms with Crippen molar-refractivity contribution in [3.63, 3.8) is 0 Å². The van der Waals surface area contributed by atoms with Crippen LogP contribution in [0.2, 0.25) is 0 Å². The zero-order valence-electron chi connectivity index (χ0n) is 14.3. The highest BCUT2D eigenvalue weighted by Gasteiger charge is 2.18. The summed E-state index contributed by atoms with van der Waals surface area (Å²) in [4.78, 5) is 25.3. The molecule has 0 aliphatic heterocycles. The highest BCUT2D eigenvalue weighted by molar-refractivity contribution is 7.16. The number of esters is 1. The molecule has 0 fully saturated rings. The molecule has 0 saturated heterocycles. The monoisotopic (exact) mass is 345 g/mol. The second-order valence-corrected chi connectivity index (χ2v) is 6.70. The van der Waals surface area contributed by atoms with Gasteiger partial charge >= 0.3 is 5.97 Å². The lowest BCUT2D eigenvalue weighted by molar-refractivity contribution is -0.116. The van der Waals surface area contributed by atoms with E-state index in [9.17, 15) is 9.59 Å². The van der Waals surface area contributed by atoms with Crippen LogP contribution in [0.15, 0.2) is 30.3 Å². The summed E-state index contributed by atoms with van der Waals surface area (Å²) in [7, 11) is 0. The van der Waals surface area contributed by atoms with E-state index in [0.29, 0.717) is 30.0 Å². The Morgan fingerprint density at radius 1 is 1.17 bits per heavy atom. The highest BCUT2D eigenvalue weighted by atomic mass is 32.1. The van der Waals surface area contributed by atoms with Crippen LogP contribution in [0.3, 0.4) is 0 Å². The van der Waals surface area contributed by atoms with Gasteiger partial charge in [0.05, 0.1) is 12.2 Å². The first-order valence-corrected chi connectivity index (χ1v) is 9.00. The molecule has 1 amide bonds. The molecule has 2 rings (SSSR count). The fourth-order valence-corrected chi connectivity index (χ4v) is 3.27. The van der Waals surface area contributed by atoms with Crippen molar-refractivity contribution in [2.45, 2.75) is 40.0 Å². The molecule has 0 bridgehead atoms. The number of nitrogens with one attached hydrogen (secondary N) is 1. The van der Waals surface area contributed by atoms with Crippen molar-refractivity contribution in [1.29, 1.82) is 0 Å². The molecular weight excluding hydrogens is 322 g/mol. The van der Waals surface area contributed by atoms with Crippen molar-refractivity contribution in [2.75, 3.05) is 11.9 Å². The van der Waals surface area contributed by atoms with Gasteiger partial charge in [-0.2, -0.15) is 0 Å². The molecular formula is C19H23NO3S. The summed E-state index contributed by atoms with van der Waals surface area (Å²) in [5, 5.41) is 3.45. The van der Waals surface area contributed by atoms with Crippen LogP contribution in [-0.4, -0.2) is 18.5 Å². The minimum atomic E-state index is -0.387. The zero-order valence-corrected chi connectivity index (χ0v) is 15.2. The average molecular weight is 345 g/mol. The molecule has 5 heteroatoms. The molecule has 0 aliphatic carbocycles. The number of aryl methyl sites for hydroxylation is 3. The first kappa shape index (κ1) is 18.2. The predicted molar refractivity (Wildman–Crippen MR) is 97.8 cm³/mol. The van der Waals surface area contributed by atoms with Crippen LogP contribution in [-0.2, 0) is 22.4 Å². The summed E-state index contributed by atoms with van der Waals surface area (Å²) >= 11 is 1.43. The van der Waals surface area contributed by atoms with Gasteiger partial charge in [0, 0.05) is 11.3 Å². The predicted octanol–water partition coefficient (Wildman–Crippen LogP) is 4.37.